The van der Waals surface area contributed by atoms with Gasteiger partial charge in [0.25, 0.3) is 0 Å². The number of carbonyl (C=O) groups is 1. The summed E-state index contributed by atoms with van der Waals surface area (Å²) in [7, 11) is 0. The zero-order chi connectivity index (χ0) is 15.3. The first-order valence-corrected chi connectivity index (χ1v) is 7.07. The highest BCUT2D eigenvalue weighted by Gasteiger charge is 2.22. The van der Waals surface area contributed by atoms with Gasteiger partial charge in [0.15, 0.2) is 0 Å². The van der Waals surface area contributed by atoms with Crippen LogP contribution in [0.25, 0.3) is 0 Å². The van der Waals surface area contributed by atoms with Crippen molar-refractivity contribution < 1.29 is 19.7 Å². The van der Waals surface area contributed by atoms with Crippen molar-refractivity contribution in [1.29, 1.82) is 0 Å². The van der Waals surface area contributed by atoms with Crippen molar-refractivity contribution in [3.63, 3.8) is 0 Å². The second-order valence-electron chi connectivity index (χ2n) is 5.42. The second kappa shape index (κ2) is 7.06. The van der Waals surface area contributed by atoms with Crippen LogP contribution in [0.1, 0.15) is 32.4 Å². The zero-order valence-corrected chi connectivity index (χ0v) is 13.3. The Morgan fingerprint density at radius 3 is 2.50 bits per heavy atom. The Bertz CT molecular complexity index is 459. The maximum absolute atomic E-state index is 11.5. The molecule has 0 fully saturated rings. The number of aliphatic hydroxyl groups is 2. The molecule has 0 saturated carbocycles. The van der Waals surface area contributed by atoms with Gasteiger partial charge in [-0.2, -0.15) is 0 Å². The molecule has 0 spiro atoms. The highest BCUT2D eigenvalue weighted by molar-refractivity contribution is 9.10. The Hall–Kier alpha value is -1.11. The number of benzene rings is 1. The van der Waals surface area contributed by atoms with Crippen molar-refractivity contribution in [2.45, 2.75) is 38.6 Å². The van der Waals surface area contributed by atoms with E-state index in [2.05, 4.69) is 21.2 Å². The largest absolute Gasteiger partial charge is 0.444 e. The molecule has 1 rings (SSSR count). The molecule has 2 atom stereocenters. The van der Waals surface area contributed by atoms with Gasteiger partial charge in [-0.3, -0.25) is 0 Å². The van der Waals surface area contributed by atoms with Gasteiger partial charge in [0.2, 0.25) is 0 Å². The molecular weight excluding hydrogens is 326 g/mol. The van der Waals surface area contributed by atoms with Crippen LogP contribution in [0.15, 0.2) is 28.7 Å². The van der Waals surface area contributed by atoms with Gasteiger partial charge < -0.3 is 20.3 Å². The van der Waals surface area contributed by atoms with E-state index in [1.807, 2.05) is 6.07 Å². The molecule has 1 aromatic carbocycles. The van der Waals surface area contributed by atoms with Crippen molar-refractivity contribution in [1.82, 2.24) is 5.32 Å². The normalized spacial score (nSPS) is 14.5. The molecule has 0 aliphatic carbocycles. The third kappa shape index (κ3) is 5.48. The smallest absolute Gasteiger partial charge is 0.407 e. The number of alkyl carbamates (subject to hydrolysis) is 1. The van der Waals surface area contributed by atoms with Gasteiger partial charge in [0.1, 0.15) is 17.8 Å². The molecule has 1 aromatic rings. The summed E-state index contributed by atoms with van der Waals surface area (Å²) in [6.45, 7) is 5.15. The van der Waals surface area contributed by atoms with Gasteiger partial charge in [0, 0.05) is 11.0 Å². The Kier molecular flexibility index (Phi) is 5.98. The minimum absolute atomic E-state index is 0.0998. The Balaban J connectivity index is 2.53. The highest BCUT2D eigenvalue weighted by Crippen LogP contribution is 2.25. The van der Waals surface area contributed by atoms with Crippen LogP contribution in [0.3, 0.4) is 0 Å². The second-order valence-corrected chi connectivity index (χ2v) is 6.27. The lowest BCUT2D eigenvalue weighted by atomic mass is 10.0. The van der Waals surface area contributed by atoms with E-state index in [4.69, 9.17) is 4.74 Å². The fourth-order valence-electron chi connectivity index (χ4n) is 1.54. The van der Waals surface area contributed by atoms with Crippen LogP contribution < -0.4 is 5.32 Å². The Morgan fingerprint density at radius 1 is 1.35 bits per heavy atom. The summed E-state index contributed by atoms with van der Waals surface area (Å²) in [6, 6.07) is 7.04. The van der Waals surface area contributed by atoms with Crippen molar-refractivity contribution in [2.75, 3.05) is 6.54 Å². The topological polar surface area (TPSA) is 78.8 Å². The van der Waals surface area contributed by atoms with Crippen LogP contribution in [-0.4, -0.2) is 34.6 Å². The van der Waals surface area contributed by atoms with Crippen LogP contribution in [0, 0.1) is 0 Å². The average molecular weight is 346 g/mol. The van der Waals surface area contributed by atoms with E-state index in [0.717, 1.165) is 0 Å². The number of hydrogen-bond acceptors (Lipinski definition) is 4. The van der Waals surface area contributed by atoms with Crippen LogP contribution in [0.2, 0.25) is 0 Å². The number of amides is 1. The van der Waals surface area contributed by atoms with E-state index in [0.29, 0.717) is 10.0 Å². The predicted octanol–water partition coefficient (Wildman–Crippen LogP) is 2.37. The van der Waals surface area contributed by atoms with Gasteiger partial charge in [-0.05, 0) is 32.4 Å². The van der Waals surface area contributed by atoms with Crippen molar-refractivity contribution in [2.24, 2.45) is 0 Å². The summed E-state index contributed by atoms with van der Waals surface area (Å²) in [5.74, 6) is 0. The fraction of sp³-hybridized carbons (Fsp3) is 0.500. The molecule has 6 heteroatoms. The Morgan fingerprint density at radius 2 is 1.95 bits per heavy atom. The number of carbonyl (C=O) groups excluding carboxylic acids is 1. The average Bonchev–Trinajstić information content (AvgIpc) is 2.33. The fourth-order valence-corrected chi connectivity index (χ4v) is 2.06. The summed E-state index contributed by atoms with van der Waals surface area (Å²) in [5, 5.41) is 22.4. The van der Waals surface area contributed by atoms with Gasteiger partial charge in [0.05, 0.1) is 0 Å². The Labute approximate surface area is 127 Å². The molecule has 2 unspecified atom stereocenters. The van der Waals surface area contributed by atoms with E-state index < -0.39 is 23.9 Å². The summed E-state index contributed by atoms with van der Waals surface area (Å²) < 4.78 is 5.74. The zero-order valence-electron chi connectivity index (χ0n) is 11.8. The molecule has 0 radical (unpaired) electrons. The molecule has 0 bridgehead atoms. The minimum Gasteiger partial charge on any atom is -0.444 e. The molecule has 0 aromatic heterocycles. The lowest BCUT2D eigenvalue weighted by molar-refractivity contribution is 0.0126. The van der Waals surface area contributed by atoms with Crippen LogP contribution in [-0.2, 0) is 4.74 Å². The SMILES string of the molecule is CC(C)(C)OC(=O)NCC(O)C(O)c1ccccc1Br. The standard InChI is InChI=1S/C14H20BrNO4/c1-14(2,3)20-13(19)16-8-11(17)12(18)9-6-4-5-7-10(9)15/h4-7,11-12,17-18H,8H2,1-3H3,(H,16,19). The van der Waals surface area contributed by atoms with Crippen LogP contribution >= 0.6 is 15.9 Å². The summed E-state index contributed by atoms with van der Waals surface area (Å²) >= 11 is 3.30. The molecule has 0 heterocycles. The molecule has 0 aliphatic rings. The highest BCUT2D eigenvalue weighted by atomic mass is 79.9. The molecule has 0 aliphatic heterocycles. The van der Waals surface area contributed by atoms with Crippen LogP contribution in [0.5, 0.6) is 0 Å². The molecule has 112 valence electrons. The lowest BCUT2D eigenvalue weighted by Gasteiger charge is -2.22. The molecule has 3 N–H and O–H groups in total. The summed E-state index contributed by atoms with van der Waals surface area (Å²) in [4.78, 5) is 11.5. The quantitative estimate of drug-likeness (QED) is 0.782. The van der Waals surface area contributed by atoms with Gasteiger partial charge in [-0.25, -0.2) is 4.79 Å². The number of hydrogen-bond donors (Lipinski definition) is 3. The lowest BCUT2D eigenvalue weighted by Crippen LogP contribution is -2.38. The van der Waals surface area contributed by atoms with Gasteiger partial charge in [-0.1, -0.05) is 34.1 Å². The van der Waals surface area contributed by atoms with Crippen molar-refractivity contribution in [3.05, 3.63) is 34.3 Å². The minimum atomic E-state index is -1.12. The maximum atomic E-state index is 11.5. The van der Waals surface area contributed by atoms with Crippen molar-refractivity contribution in [3.8, 4) is 0 Å². The van der Waals surface area contributed by atoms with E-state index in [1.165, 1.54) is 0 Å². The van der Waals surface area contributed by atoms with Gasteiger partial charge >= 0.3 is 6.09 Å². The third-order valence-corrected chi connectivity index (χ3v) is 3.16. The first-order valence-electron chi connectivity index (χ1n) is 6.28. The monoisotopic (exact) mass is 345 g/mol. The van der Waals surface area contributed by atoms with Gasteiger partial charge in [-0.15, -0.1) is 0 Å². The van der Waals surface area contributed by atoms with Crippen molar-refractivity contribution >= 4 is 22.0 Å². The molecule has 1 amide bonds. The molecule has 5 nitrogen and oxygen atoms in total. The van der Waals surface area contributed by atoms with Crippen LogP contribution in [0.4, 0.5) is 4.79 Å². The number of nitrogens with one attached hydrogen (secondary N) is 1. The maximum Gasteiger partial charge on any atom is 0.407 e. The summed E-state index contributed by atoms with van der Waals surface area (Å²) in [6.07, 6.45) is -2.85. The van der Waals surface area contributed by atoms with E-state index >= 15 is 0 Å². The number of rotatable bonds is 4. The first-order chi connectivity index (χ1) is 9.20. The van der Waals surface area contributed by atoms with E-state index in [9.17, 15) is 15.0 Å². The summed E-state index contributed by atoms with van der Waals surface area (Å²) in [5.41, 5.74) is -0.0400. The predicted molar refractivity (Wildman–Crippen MR) is 79.3 cm³/mol. The number of ether oxygens (including phenoxy) is 1. The van der Waals surface area contributed by atoms with E-state index in [-0.39, 0.29) is 6.54 Å². The number of aliphatic hydroxyl groups excluding tert-OH is 2. The molecule has 20 heavy (non-hydrogen) atoms. The molecular formula is C14H20BrNO4. The molecule has 0 saturated heterocycles. The number of halogens is 1. The van der Waals surface area contributed by atoms with E-state index in [1.54, 1.807) is 39.0 Å². The third-order valence-electron chi connectivity index (χ3n) is 2.44. The first kappa shape index (κ1) is 16.9.